The number of aryl methyl sites for hydroxylation is 1. The van der Waals surface area contributed by atoms with E-state index < -0.39 is 0 Å². The van der Waals surface area contributed by atoms with Gasteiger partial charge in [0.15, 0.2) is 0 Å². The predicted molar refractivity (Wildman–Crippen MR) is 70.7 cm³/mol. The van der Waals surface area contributed by atoms with Gasteiger partial charge in [-0.25, -0.2) is 0 Å². The molecule has 1 N–H and O–H groups in total. The maximum Gasteiger partial charge on any atom is 0.0909 e. The van der Waals surface area contributed by atoms with Crippen molar-refractivity contribution < 1.29 is 0 Å². The molecule has 1 unspecified atom stereocenters. The van der Waals surface area contributed by atoms with Crippen LogP contribution in [0, 0.1) is 0 Å². The highest BCUT2D eigenvalue weighted by atomic mass is 32.2. The van der Waals surface area contributed by atoms with Gasteiger partial charge in [0, 0.05) is 11.3 Å². The summed E-state index contributed by atoms with van der Waals surface area (Å²) < 4.78 is 0. The molecule has 1 heterocycles. The zero-order chi connectivity index (χ0) is 11.2. The Labute approximate surface area is 102 Å². The van der Waals surface area contributed by atoms with Crippen LogP contribution in [-0.4, -0.2) is 11.3 Å². The van der Waals surface area contributed by atoms with Crippen LogP contribution in [0.4, 0.5) is 0 Å². The summed E-state index contributed by atoms with van der Waals surface area (Å²) in [5, 5.41) is 3.86. The number of rotatable bonds is 0. The third-order valence-corrected chi connectivity index (χ3v) is 5.53. The van der Waals surface area contributed by atoms with Crippen LogP contribution in [0.1, 0.15) is 37.8 Å². The van der Waals surface area contributed by atoms with Crippen molar-refractivity contribution in [3.05, 3.63) is 35.4 Å². The van der Waals surface area contributed by atoms with Crippen LogP contribution in [0.3, 0.4) is 0 Å². The zero-order valence-electron chi connectivity index (χ0n) is 10.0. The van der Waals surface area contributed by atoms with Gasteiger partial charge in [-0.3, -0.25) is 5.32 Å². The smallest absolute Gasteiger partial charge is 0.0909 e. The molecule has 2 aliphatic rings. The minimum Gasteiger partial charge on any atom is -0.293 e. The first-order valence-electron chi connectivity index (χ1n) is 6.13. The number of hydrogen-bond donors (Lipinski definition) is 1. The third-order valence-electron chi connectivity index (χ3n) is 3.65. The van der Waals surface area contributed by atoms with E-state index in [1.54, 1.807) is 5.56 Å². The van der Waals surface area contributed by atoms with E-state index in [9.17, 15) is 0 Å². The summed E-state index contributed by atoms with van der Waals surface area (Å²) in [6.07, 6.45) is 3.84. The van der Waals surface area contributed by atoms with Crippen LogP contribution in [0.25, 0.3) is 0 Å². The Hall–Kier alpha value is -0.470. The standard InChI is InChI=1S/C14H19NS/c1-13(2)10-16-14(15-13)9-5-7-11-6-3-4-8-12(11)14/h3-4,6,8,15H,5,7,9-10H2,1-2H3. The lowest BCUT2D eigenvalue weighted by Crippen LogP contribution is -2.46. The second-order valence-corrected chi connectivity index (χ2v) is 6.91. The number of hydrogen-bond acceptors (Lipinski definition) is 2. The number of thioether (sulfide) groups is 1. The van der Waals surface area contributed by atoms with Crippen molar-refractivity contribution in [3.8, 4) is 0 Å². The lowest BCUT2D eigenvalue weighted by molar-refractivity contribution is 0.337. The van der Waals surface area contributed by atoms with Crippen molar-refractivity contribution in [2.75, 3.05) is 5.75 Å². The summed E-state index contributed by atoms with van der Waals surface area (Å²) in [7, 11) is 0. The van der Waals surface area contributed by atoms with Gasteiger partial charge in [-0.05, 0) is 44.2 Å². The fourth-order valence-corrected chi connectivity index (χ4v) is 4.67. The minimum atomic E-state index is 0.207. The SMILES string of the molecule is CC1(C)CSC2(CCCc3ccccc32)N1. The molecule has 16 heavy (non-hydrogen) atoms. The summed E-state index contributed by atoms with van der Waals surface area (Å²) in [5.41, 5.74) is 3.36. The molecular formula is C14H19NS. The first kappa shape index (κ1) is 10.7. The molecule has 1 nitrogen and oxygen atoms in total. The number of benzene rings is 1. The van der Waals surface area contributed by atoms with Gasteiger partial charge in [0.05, 0.1) is 4.87 Å². The van der Waals surface area contributed by atoms with Crippen LogP contribution >= 0.6 is 11.8 Å². The molecule has 0 bridgehead atoms. The summed E-state index contributed by atoms with van der Waals surface area (Å²) >= 11 is 2.10. The Morgan fingerprint density at radius 1 is 1.25 bits per heavy atom. The van der Waals surface area contributed by atoms with Crippen molar-refractivity contribution in [1.82, 2.24) is 5.32 Å². The molecule has 0 aromatic heterocycles. The first-order valence-corrected chi connectivity index (χ1v) is 7.12. The predicted octanol–water partition coefficient (Wildman–Crippen LogP) is 3.29. The molecule has 0 radical (unpaired) electrons. The molecule has 1 aromatic carbocycles. The largest absolute Gasteiger partial charge is 0.293 e. The molecule has 1 aromatic rings. The molecular weight excluding hydrogens is 214 g/mol. The van der Waals surface area contributed by atoms with E-state index in [-0.39, 0.29) is 10.4 Å². The van der Waals surface area contributed by atoms with E-state index in [1.807, 2.05) is 0 Å². The Morgan fingerprint density at radius 3 is 2.81 bits per heavy atom. The van der Waals surface area contributed by atoms with E-state index in [4.69, 9.17) is 0 Å². The number of fused-ring (bicyclic) bond motifs is 2. The van der Waals surface area contributed by atoms with Crippen LogP contribution in [0.5, 0.6) is 0 Å². The van der Waals surface area contributed by atoms with E-state index in [0.29, 0.717) is 0 Å². The van der Waals surface area contributed by atoms with Crippen molar-refractivity contribution in [3.63, 3.8) is 0 Å². The van der Waals surface area contributed by atoms with Gasteiger partial charge in [0.25, 0.3) is 0 Å². The van der Waals surface area contributed by atoms with Crippen LogP contribution in [-0.2, 0) is 11.3 Å². The zero-order valence-corrected chi connectivity index (χ0v) is 10.9. The molecule has 1 aliphatic heterocycles. The second kappa shape index (κ2) is 3.51. The summed E-state index contributed by atoms with van der Waals surface area (Å²) in [6, 6.07) is 8.96. The summed E-state index contributed by atoms with van der Waals surface area (Å²) in [5.74, 6) is 1.21. The van der Waals surface area contributed by atoms with Gasteiger partial charge in [-0.1, -0.05) is 24.3 Å². The minimum absolute atomic E-state index is 0.207. The number of nitrogens with one attached hydrogen (secondary N) is 1. The Balaban J connectivity index is 2.05. The Morgan fingerprint density at radius 2 is 2.06 bits per heavy atom. The molecule has 2 heteroatoms. The Kier molecular flexibility index (Phi) is 2.34. The molecule has 3 rings (SSSR count). The average Bonchev–Trinajstić information content (AvgIpc) is 2.56. The van der Waals surface area contributed by atoms with E-state index in [2.05, 4.69) is 55.2 Å². The highest BCUT2D eigenvalue weighted by Gasteiger charge is 2.46. The van der Waals surface area contributed by atoms with Crippen LogP contribution in [0.2, 0.25) is 0 Å². The van der Waals surface area contributed by atoms with Gasteiger partial charge >= 0.3 is 0 Å². The van der Waals surface area contributed by atoms with Crippen molar-refractivity contribution >= 4 is 11.8 Å². The average molecular weight is 233 g/mol. The van der Waals surface area contributed by atoms with Gasteiger partial charge in [0.1, 0.15) is 0 Å². The monoisotopic (exact) mass is 233 g/mol. The maximum atomic E-state index is 3.86. The quantitative estimate of drug-likeness (QED) is 0.738. The van der Waals surface area contributed by atoms with Crippen LogP contribution in [0.15, 0.2) is 24.3 Å². The molecule has 0 saturated carbocycles. The lowest BCUT2D eigenvalue weighted by Gasteiger charge is -2.37. The van der Waals surface area contributed by atoms with Crippen molar-refractivity contribution in [2.45, 2.75) is 43.5 Å². The molecule has 1 aliphatic carbocycles. The second-order valence-electron chi connectivity index (χ2n) is 5.64. The fraction of sp³-hybridized carbons (Fsp3) is 0.571. The van der Waals surface area contributed by atoms with Gasteiger partial charge < -0.3 is 0 Å². The molecule has 1 atom stereocenters. The van der Waals surface area contributed by atoms with E-state index >= 15 is 0 Å². The fourth-order valence-electron chi connectivity index (χ4n) is 3.00. The highest BCUT2D eigenvalue weighted by molar-refractivity contribution is 8.00. The topological polar surface area (TPSA) is 12.0 Å². The summed E-state index contributed by atoms with van der Waals surface area (Å²) in [6.45, 7) is 4.62. The Bertz CT molecular complexity index is 413. The maximum absolute atomic E-state index is 3.86. The van der Waals surface area contributed by atoms with Gasteiger partial charge in [-0.2, -0.15) is 0 Å². The third kappa shape index (κ3) is 1.59. The van der Waals surface area contributed by atoms with Crippen molar-refractivity contribution in [2.24, 2.45) is 0 Å². The molecule has 1 saturated heterocycles. The van der Waals surface area contributed by atoms with E-state index in [1.165, 1.54) is 30.6 Å². The molecule has 0 amide bonds. The van der Waals surface area contributed by atoms with Gasteiger partial charge in [-0.15, -0.1) is 11.8 Å². The molecule has 1 spiro atoms. The van der Waals surface area contributed by atoms with E-state index in [0.717, 1.165) is 0 Å². The highest BCUT2D eigenvalue weighted by Crippen LogP contribution is 2.49. The van der Waals surface area contributed by atoms with Crippen molar-refractivity contribution in [1.29, 1.82) is 0 Å². The van der Waals surface area contributed by atoms with Gasteiger partial charge in [0.2, 0.25) is 0 Å². The first-order chi connectivity index (χ1) is 7.61. The molecule has 1 fully saturated rings. The molecule has 86 valence electrons. The summed E-state index contributed by atoms with van der Waals surface area (Å²) in [4.78, 5) is 0.207. The normalized spacial score (nSPS) is 31.6. The lowest BCUT2D eigenvalue weighted by atomic mass is 9.86. The van der Waals surface area contributed by atoms with Crippen LogP contribution < -0.4 is 5.32 Å².